The van der Waals surface area contributed by atoms with Gasteiger partial charge in [-0.15, -0.1) is 0 Å². The highest BCUT2D eigenvalue weighted by atomic mass is 19.1. The number of rotatable bonds is 3. The fourth-order valence-corrected chi connectivity index (χ4v) is 4.00. The number of halogens is 1. The van der Waals surface area contributed by atoms with E-state index in [1.165, 1.54) is 6.20 Å². The summed E-state index contributed by atoms with van der Waals surface area (Å²) >= 11 is 0. The van der Waals surface area contributed by atoms with Gasteiger partial charge >= 0.3 is 6.03 Å². The SMILES string of the molecule is Cc1cnc2cccc([C@@H](C)NC(=O)N3CCN(c4ccncc4F)CC3C)n12. The predicted octanol–water partition coefficient (Wildman–Crippen LogP) is 3.16. The molecule has 4 heterocycles. The third-order valence-corrected chi connectivity index (χ3v) is 5.50. The number of aryl methyl sites for hydroxylation is 1. The lowest BCUT2D eigenvalue weighted by Crippen LogP contribution is -2.57. The van der Waals surface area contributed by atoms with Crippen molar-refractivity contribution in [2.45, 2.75) is 32.9 Å². The molecule has 0 radical (unpaired) electrons. The molecule has 2 atom stereocenters. The Kier molecular flexibility index (Phi) is 5.08. The topological polar surface area (TPSA) is 65.8 Å². The Bertz CT molecular complexity index is 1030. The van der Waals surface area contributed by atoms with E-state index in [2.05, 4.69) is 19.7 Å². The van der Waals surface area contributed by atoms with Crippen molar-refractivity contribution in [2.75, 3.05) is 24.5 Å². The van der Waals surface area contributed by atoms with E-state index in [4.69, 9.17) is 0 Å². The van der Waals surface area contributed by atoms with Crippen LogP contribution in [0, 0.1) is 12.7 Å². The summed E-state index contributed by atoms with van der Waals surface area (Å²) in [6, 6.07) is 7.23. The molecule has 0 aliphatic carbocycles. The number of nitrogens with one attached hydrogen (secondary N) is 1. The van der Waals surface area contributed by atoms with E-state index in [9.17, 15) is 9.18 Å². The van der Waals surface area contributed by atoms with Crippen LogP contribution in [0.2, 0.25) is 0 Å². The Morgan fingerprint density at radius 3 is 2.86 bits per heavy atom. The lowest BCUT2D eigenvalue weighted by molar-refractivity contribution is 0.168. The van der Waals surface area contributed by atoms with E-state index in [0.29, 0.717) is 25.3 Å². The minimum atomic E-state index is -0.338. The molecule has 2 amide bonds. The van der Waals surface area contributed by atoms with E-state index in [0.717, 1.165) is 17.0 Å². The Hall–Kier alpha value is -3.16. The van der Waals surface area contributed by atoms with E-state index in [-0.39, 0.29) is 23.9 Å². The predicted molar refractivity (Wildman–Crippen MR) is 109 cm³/mol. The van der Waals surface area contributed by atoms with E-state index in [1.54, 1.807) is 12.3 Å². The molecule has 1 unspecified atom stereocenters. The molecule has 4 rings (SSSR count). The Morgan fingerprint density at radius 1 is 1.28 bits per heavy atom. The van der Waals surface area contributed by atoms with Crippen LogP contribution in [0.1, 0.15) is 31.3 Å². The van der Waals surface area contributed by atoms with E-state index < -0.39 is 0 Å². The molecule has 1 N–H and O–H groups in total. The number of piperazine rings is 1. The van der Waals surface area contributed by atoms with Gasteiger partial charge in [0.05, 0.1) is 17.9 Å². The summed E-state index contributed by atoms with van der Waals surface area (Å²) in [6.07, 6.45) is 4.63. The number of anilines is 1. The second kappa shape index (κ2) is 7.69. The zero-order chi connectivity index (χ0) is 20.5. The number of urea groups is 1. The van der Waals surface area contributed by atoms with Crippen LogP contribution in [0.4, 0.5) is 14.9 Å². The summed E-state index contributed by atoms with van der Waals surface area (Å²) in [6.45, 7) is 7.62. The molecule has 1 aliphatic heterocycles. The molecule has 7 nitrogen and oxygen atoms in total. The molecule has 0 aromatic carbocycles. The van der Waals surface area contributed by atoms with Crippen LogP contribution < -0.4 is 10.2 Å². The Morgan fingerprint density at radius 2 is 2.10 bits per heavy atom. The van der Waals surface area contributed by atoms with Gasteiger partial charge in [-0.2, -0.15) is 0 Å². The average molecular weight is 396 g/mol. The molecule has 1 saturated heterocycles. The summed E-state index contributed by atoms with van der Waals surface area (Å²) in [7, 11) is 0. The molecule has 1 aliphatic rings. The smallest absolute Gasteiger partial charge is 0.318 e. The van der Waals surface area contributed by atoms with Crippen LogP contribution in [-0.2, 0) is 0 Å². The number of aromatic nitrogens is 3. The molecule has 152 valence electrons. The van der Waals surface area contributed by atoms with E-state index >= 15 is 0 Å². The maximum Gasteiger partial charge on any atom is 0.318 e. The highest BCUT2D eigenvalue weighted by molar-refractivity contribution is 5.75. The van der Waals surface area contributed by atoms with Gasteiger partial charge in [0.15, 0.2) is 5.82 Å². The monoisotopic (exact) mass is 396 g/mol. The minimum absolute atomic E-state index is 0.0470. The molecular weight excluding hydrogens is 371 g/mol. The normalized spacial score (nSPS) is 18.1. The molecule has 0 spiro atoms. The molecule has 1 fully saturated rings. The molecule has 3 aromatic rings. The fourth-order valence-electron chi connectivity index (χ4n) is 4.00. The molecular formula is C21H25FN6O. The molecule has 3 aromatic heterocycles. The standard InChI is InChI=1S/C21H25FN6O/c1-14-11-24-20-6-4-5-18(28(14)20)16(3)25-21(29)27-10-9-26(13-15(27)2)19-7-8-23-12-17(19)22/h4-8,11-12,15-16H,9-10,13H2,1-3H3,(H,25,29)/t15?,16-/m1/s1. The van der Waals surface area contributed by atoms with Gasteiger partial charge in [0.1, 0.15) is 5.65 Å². The van der Waals surface area contributed by atoms with Gasteiger partial charge in [-0.25, -0.2) is 14.2 Å². The third-order valence-electron chi connectivity index (χ3n) is 5.50. The number of hydrogen-bond donors (Lipinski definition) is 1. The van der Waals surface area contributed by atoms with Gasteiger partial charge < -0.3 is 15.1 Å². The van der Waals surface area contributed by atoms with Gasteiger partial charge in [-0.3, -0.25) is 9.38 Å². The van der Waals surface area contributed by atoms with Crippen molar-refractivity contribution in [3.05, 3.63) is 60.1 Å². The first-order chi connectivity index (χ1) is 14.0. The molecule has 8 heteroatoms. The van der Waals surface area contributed by atoms with Crippen molar-refractivity contribution in [2.24, 2.45) is 0 Å². The fraction of sp³-hybridized carbons (Fsp3) is 0.381. The van der Waals surface area contributed by atoms with Gasteiger partial charge in [0.2, 0.25) is 0 Å². The lowest BCUT2D eigenvalue weighted by atomic mass is 10.1. The average Bonchev–Trinajstić information content (AvgIpc) is 3.09. The van der Waals surface area contributed by atoms with Crippen molar-refractivity contribution >= 4 is 17.4 Å². The first-order valence-electron chi connectivity index (χ1n) is 9.80. The van der Waals surface area contributed by atoms with Crippen LogP contribution >= 0.6 is 0 Å². The van der Waals surface area contributed by atoms with Crippen LogP contribution in [0.15, 0.2) is 42.9 Å². The Balaban J connectivity index is 1.45. The minimum Gasteiger partial charge on any atom is -0.365 e. The van der Waals surface area contributed by atoms with Crippen molar-refractivity contribution in [1.29, 1.82) is 0 Å². The maximum absolute atomic E-state index is 14.0. The van der Waals surface area contributed by atoms with Gasteiger partial charge in [-0.1, -0.05) is 6.07 Å². The number of imidazole rings is 1. The van der Waals surface area contributed by atoms with Crippen LogP contribution in [0.5, 0.6) is 0 Å². The summed E-state index contributed by atoms with van der Waals surface area (Å²) in [5, 5.41) is 3.11. The van der Waals surface area contributed by atoms with E-state index in [1.807, 2.05) is 55.0 Å². The number of fused-ring (bicyclic) bond motifs is 1. The molecule has 0 saturated carbocycles. The van der Waals surface area contributed by atoms with Gasteiger partial charge in [-0.05, 0) is 39.0 Å². The number of carbonyl (C=O) groups is 1. The van der Waals surface area contributed by atoms with Gasteiger partial charge in [0, 0.05) is 49.5 Å². The number of hydrogen-bond acceptors (Lipinski definition) is 4. The van der Waals surface area contributed by atoms with Crippen LogP contribution in [-0.4, -0.2) is 51.0 Å². The van der Waals surface area contributed by atoms with Crippen molar-refractivity contribution in [1.82, 2.24) is 24.6 Å². The van der Waals surface area contributed by atoms with Crippen LogP contribution in [0.3, 0.4) is 0 Å². The first kappa shape index (κ1) is 19.2. The summed E-state index contributed by atoms with van der Waals surface area (Å²) in [5.41, 5.74) is 3.40. The molecule has 0 bridgehead atoms. The quantitative estimate of drug-likeness (QED) is 0.739. The largest absolute Gasteiger partial charge is 0.365 e. The summed E-state index contributed by atoms with van der Waals surface area (Å²) < 4.78 is 16.1. The summed E-state index contributed by atoms with van der Waals surface area (Å²) in [4.78, 5) is 24.9. The first-order valence-corrected chi connectivity index (χ1v) is 9.80. The van der Waals surface area contributed by atoms with Crippen molar-refractivity contribution < 1.29 is 9.18 Å². The van der Waals surface area contributed by atoms with Crippen molar-refractivity contribution in [3.8, 4) is 0 Å². The van der Waals surface area contributed by atoms with Gasteiger partial charge in [0.25, 0.3) is 0 Å². The second-order valence-electron chi connectivity index (χ2n) is 7.53. The zero-order valence-corrected chi connectivity index (χ0v) is 16.8. The Labute approximate surface area is 169 Å². The maximum atomic E-state index is 14.0. The van der Waals surface area contributed by atoms with Crippen molar-refractivity contribution in [3.63, 3.8) is 0 Å². The lowest BCUT2D eigenvalue weighted by Gasteiger charge is -2.41. The zero-order valence-electron chi connectivity index (χ0n) is 16.8. The molecule has 29 heavy (non-hydrogen) atoms. The number of amides is 2. The third kappa shape index (κ3) is 3.62. The van der Waals surface area contributed by atoms with Crippen LogP contribution in [0.25, 0.3) is 5.65 Å². The highest BCUT2D eigenvalue weighted by Gasteiger charge is 2.29. The second-order valence-corrected chi connectivity index (χ2v) is 7.53. The number of pyridine rings is 2. The number of nitrogens with zero attached hydrogens (tertiary/aromatic N) is 5. The summed E-state index contributed by atoms with van der Waals surface area (Å²) in [5.74, 6) is -0.338. The highest BCUT2D eigenvalue weighted by Crippen LogP contribution is 2.22. The number of carbonyl (C=O) groups excluding carboxylic acids is 1.